The van der Waals surface area contributed by atoms with Gasteiger partial charge in [-0.3, -0.25) is 0 Å². The van der Waals surface area contributed by atoms with E-state index in [2.05, 4.69) is 4.74 Å². The van der Waals surface area contributed by atoms with E-state index in [4.69, 9.17) is 9.47 Å². The van der Waals surface area contributed by atoms with Crippen LogP contribution in [0.15, 0.2) is 58.7 Å². The van der Waals surface area contributed by atoms with Crippen LogP contribution < -0.4 is 4.74 Å². The van der Waals surface area contributed by atoms with E-state index in [1.807, 2.05) is 13.0 Å². The number of rotatable bonds is 4. The Labute approximate surface area is 189 Å². The van der Waals surface area contributed by atoms with Gasteiger partial charge < -0.3 is 29.5 Å². The monoisotopic (exact) mass is 468 g/mol. The van der Waals surface area contributed by atoms with E-state index in [0.717, 1.165) is 22.3 Å². The summed E-state index contributed by atoms with van der Waals surface area (Å²) in [4.78, 5) is 0. The van der Waals surface area contributed by atoms with Gasteiger partial charge in [0.05, 0.1) is 13.2 Å². The van der Waals surface area contributed by atoms with Crippen LogP contribution in [0, 0.1) is 5.92 Å². The molecule has 3 aliphatic rings. The van der Waals surface area contributed by atoms with Crippen molar-refractivity contribution in [2.75, 3.05) is 13.2 Å². The van der Waals surface area contributed by atoms with Crippen LogP contribution in [0.3, 0.4) is 0 Å². The first-order valence-corrected chi connectivity index (χ1v) is 10.8. The second-order valence-electron chi connectivity index (χ2n) is 8.61. The van der Waals surface area contributed by atoms with E-state index in [-0.39, 0.29) is 24.9 Å². The lowest BCUT2D eigenvalue weighted by molar-refractivity contribution is -0.325. The third kappa shape index (κ3) is 4.48. The highest BCUT2D eigenvalue weighted by Gasteiger charge is 2.60. The Hall–Kier alpha value is -2.17. The van der Waals surface area contributed by atoms with Gasteiger partial charge in [-0.2, -0.15) is 0 Å². The molecule has 2 fully saturated rings. The van der Waals surface area contributed by atoms with Crippen LogP contribution in [-0.2, 0) is 15.9 Å². The number of aliphatic hydroxyl groups excluding tert-OH is 3. The lowest BCUT2D eigenvalue weighted by Gasteiger charge is -2.48. The smallest absolute Gasteiger partial charge is 0.406 e. The number of aliphatic hydroxyl groups is 3. The molecule has 6 nitrogen and oxygen atoms in total. The molecule has 0 radical (unpaired) electrons. The van der Waals surface area contributed by atoms with Crippen molar-refractivity contribution >= 4 is 0 Å². The lowest BCUT2D eigenvalue weighted by Crippen LogP contribution is -2.62. The van der Waals surface area contributed by atoms with Crippen molar-refractivity contribution in [1.29, 1.82) is 0 Å². The van der Waals surface area contributed by atoms with Crippen molar-refractivity contribution in [1.82, 2.24) is 0 Å². The van der Waals surface area contributed by atoms with Crippen LogP contribution in [0.25, 0.3) is 0 Å². The molecule has 1 aliphatic carbocycles. The van der Waals surface area contributed by atoms with Gasteiger partial charge in [-0.1, -0.05) is 35.4 Å². The van der Waals surface area contributed by atoms with Gasteiger partial charge >= 0.3 is 6.36 Å². The number of ether oxygens (including phenoxy) is 3. The Morgan fingerprint density at radius 2 is 1.91 bits per heavy atom. The third-order valence-electron chi connectivity index (χ3n) is 6.63. The first-order chi connectivity index (χ1) is 15.6. The second kappa shape index (κ2) is 8.88. The Morgan fingerprint density at radius 3 is 2.52 bits per heavy atom. The van der Waals surface area contributed by atoms with Gasteiger partial charge in [0.2, 0.25) is 5.79 Å². The van der Waals surface area contributed by atoms with Crippen LogP contribution in [0.1, 0.15) is 25.8 Å². The van der Waals surface area contributed by atoms with Gasteiger partial charge in [-0.25, -0.2) is 0 Å². The summed E-state index contributed by atoms with van der Waals surface area (Å²) in [6.45, 7) is 3.51. The average molecular weight is 468 g/mol. The fourth-order valence-corrected chi connectivity index (χ4v) is 4.99. The molecule has 0 saturated carbocycles. The molecule has 1 aromatic rings. The maximum atomic E-state index is 12.4. The zero-order valence-electron chi connectivity index (χ0n) is 18.3. The number of hydrogen-bond donors (Lipinski definition) is 3. The molecule has 180 valence electrons. The van der Waals surface area contributed by atoms with E-state index >= 15 is 0 Å². The molecule has 0 bridgehead atoms. The number of allylic oxidation sites excluding steroid dienone is 4. The van der Waals surface area contributed by atoms with E-state index in [1.165, 1.54) is 12.1 Å². The van der Waals surface area contributed by atoms with Gasteiger partial charge in [0, 0.05) is 5.92 Å². The number of alkyl halides is 3. The average Bonchev–Trinajstić information content (AvgIpc) is 3.10. The van der Waals surface area contributed by atoms with Crippen molar-refractivity contribution in [3.63, 3.8) is 0 Å². The predicted octanol–water partition coefficient (Wildman–Crippen LogP) is 3.18. The van der Waals surface area contributed by atoms with Crippen LogP contribution in [0.2, 0.25) is 0 Å². The number of fused-ring (bicyclic) bond motifs is 2. The molecule has 2 saturated heterocycles. The molecule has 5 atom stereocenters. The van der Waals surface area contributed by atoms with Crippen LogP contribution >= 0.6 is 0 Å². The van der Waals surface area contributed by atoms with Gasteiger partial charge in [0.25, 0.3) is 0 Å². The Kier molecular flexibility index (Phi) is 6.45. The highest BCUT2D eigenvalue weighted by molar-refractivity contribution is 5.41. The quantitative estimate of drug-likeness (QED) is 0.589. The van der Waals surface area contributed by atoms with Crippen molar-refractivity contribution < 1.29 is 42.7 Å². The minimum atomic E-state index is -4.74. The largest absolute Gasteiger partial charge is 0.573 e. The topological polar surface area (TPSA) is 88.4 Å². The molecular weight excluding hydrogens is 441 g/mol. The highest BCUT2D eigenvalue weighted by atomic mass is 19.4. The van der Waals surface area contributed by atoms with Gasteiger partial charge in [0.1, 0.15) is 24.1 Å². The summed E-state index contributed by atoms with van der Waals surface area (Å²) >= 11 is 0. The van der Waals surface area contributed by atoms with E-state index in [0.29, 0.717) is 18.4 Å². The Bertz CT molecular complexity index is 977. The Balaban J connectivity index is 1.56. The highest BCUT2D eigenvalue weighted by Crippen LogP contribution is 2.50. The molecule has 2 heterocycles. The van der Waals surface area contributed by atoms with Crippen molar-refractivity contribution in [2.24, 2.45) is 5.92 Å². The van der Waals surface area contributed by atoms with E-state index in [1.54, 1.807) is 25.1 Å². The molecule has 1 spiro atoms. The fraction of sp³-hybridized carbons (Fsp3) is 0.500. The van der Waals surface area contributed by atoms with Crippen molar-refractivity contribution in [3.8, 4) is 5.75 Å². The molecule has 1 aromatic carbocycles. The molecule has 2 aliphatic heterocycles. The zero-order chi connectivity index (χ0) is 24.0. The van der Waals surface area contributed by atoms with Gasteiger partial charge in [0.15, 0.2) is 0 Å². The molecule has 3 N–H and O–H groups in total. The molecule has 33 heavy (non-hydrogen) atoms. The second-order valence-corrected chi connectivity index (χ2v) is 8.61. The maximum absolute atomic E-state index is 12.4. The van der Waals surface area contributed by atoms with Crippen molar-refractivity contribution in [3.05, 3.63) is 64.3 Å². The first kappa shape index (κ1) is 24.0. The normalized spacial score (nSPS) is 33.5. The standard InChI is InChI=1S/C24H27F3O6/c1-3-18-20(11-28)33-23(22(30)21(18)29)19-10-15(13(2)8-16(19)12-31-23)9-14-4-6-17(7-5-14)32-24(25,26)27/h3-8,19-22,28-30H,9-12H2,1-2H3/b18-3-/t19?,20-,21+,22-,23+/m1/s1. The number of benzene rings is 1. The van der Waals surface area contributed by atoms with E-state index in [9.17, 15) is 28.5 Å². The summed E-state index contributed by atoms with van der Waals surface area (Å²) in [7, 11) is 0. The summed E-state index contributed by atoms with van der Waals surface area (Å²) in [5.41, 5.74) is 4.16. The Morgan fingerprint density at radius 1 is 1.21 bits per heavy atom. The maximum Gasteiger partial charge on any atom is 0.573 e. The minimum absolute atomic E-state index is 0.228. The SMILES string of the molecule is C/C=C1/[C@@H](CO)O[C@]2(OCC3=CC(C)=C(Cc4ccc(OC(F)(F)F)cc4)CC32)[C@H](O)[C@H]1O. The molecule has 0 aromatic heterocycles. The number of hydrogen-bond acceptors (Lipinski definition) is 6. The molecule has 9 heteroatoms. The minimum Gasteiger partial charge on any atom is -0.406 e. The van der Waals surface area contributed by atoms with E-state index < -0.39 is 30.5 Å². The summed E-state index contributed by atoms with van der Waals surface area (Å²) in [6.07, 6.45) is -3.58. The first-order valence-electron chi connectivity index (χ1n) is 10.8. The van der Waals surface area contributed by atoms with Crippen molar-refractivity contribution in [2.45, 2.75) is 57.2 Å². The van der Waals surface area contributed by atoms with Gasteiger partial charge in [-0.05, 0) is 55.5 Å². The summed E-state index contributed by atoms with van der Waals surface area (Å²) in [6, 6.07) is 5.71. The lowest BCUT2D eigenvalue weighted by atomic mass is 9.74. The summed E-state index contributed by atoms with van der Waals surface area (Å²) < 4.78 is 53.2. The molecule has 1 unspecified atom stereocenters. The predicted molar refractivity (Wildman–Crippen MR) is 112 cm³/mol. The number of halogens is 3. The molecule has 4 rings (SSSR count). The molecule has 0 amide bonds. The summed E-state index contributed by atoms with van der Waals surface area (Å²) in [5.74, 6) is -2.16. The van der Waals surface area contributed by atoms with Gasteiger partial charge in [-0.15, -0.1) is 13.2 Å². The molecular formula is C24H27F3O6. The fourth-order valence-electron chi connectivity index (χ4n) is 4.99. The van der Waals surface area contributed by atoms with Crippen LogP contribution in [0.4, 0.5) is 13.2 Å². The van der Waals surface area contributed by atoms with Crippen LogP contribution in [0.5, 0.6) is 5.75 Å². The van der Waals surface area contributed by atoms with Crippen LogP contribution in [-0.4, -0.2) is 59.0 Å². The zero-order valence-corrected chi connectivity index (χ0v) is 18.3. The summed E-state index contributed by atoms with van der Waals surface area (Å²) in [5, 5.41) is 31.5. The third-order valence-corrected chi connectivity index (χ3v) is 6.63.